The number of hydrogen-bond acceptors (Lipinski definition) is 3. The fraction of sp³-hybridized carbons (Fsp3) is 0.222. The molecular formula is C18H19N3O2. The number of anilines is 2. The summed E-state index contributed by atoms with van der Waals surface area (Å²) in [5.74, 6) is -0.271. The summed E-state index contributed by atoms with van der Waals surface area (Å²) in [6, 6.07) is 12.9. The predicted molar refractivity (Wildman–Crippen MR) is 91.4 cm³/mol. The Bertz CT molecular complexity index is 868. The Hall–Kier alpha value is -2.82. The summed E-state index contributed by atoms with van der Waals surface area (Å²) < 4.78 is 1.98. The van der Waals surface area contributed by atoms with Crippen molar-refractivity contribution in [1.29, 1.82) is 0 Å². The van der Waals surface area contributed by atoms with Crippen LogP contribution in [-0.4, -0.2) is 20.9 Å². The number of para-hydroxylation sites is 2. The van der Waals surface area contributed by atoms with E-state index in [9.17, 15) is 9.90 Å². The second kappa shape index (κ2) is 6.12. The summed E-state index contributed by atoms with van der Waals surface area (Å²) >= 11 is 0. The number of carboxylic acids is 1. The zero-order chi connectivity index (χ0) is 16.4. The van der Waals surface area contributed by atoms with E-state index in [4.69, 9.17) is 0 Å². The van der Waals surface area contributed by atoms with E-state index >= 15 is 0 Å². The first-order valence-corrected chi connectivity index (χ1v) is 7.67. The molecule has 0 aliphatic rings. The third kappa shape index (κ3) is 2.77. The highest BCUT2D eigenvalue weighted by Crippen LogP contribution is 2.29. The minimum absolute atomic E-state index is 0.235. The van der Waals surface area contributed by atoms with Gasteiger partial charge >= 0.3 is 5.97 Å². The number of nitrogens with zero attached hydrogens (tertiary/aromatic N) is 2. The fourth-order valence-electron chi connectivity index (χ4n) is 2.79. The maximum Gasteiger partial charge on any atom is 0.337 e. The molecule has 5 nitrogen and oxygen atoms in total. The van der Waals surface area contributed by atoms with Crippen LogP contribution < -0.4 is 5.32 Å². The minimum atomic E-state index is -0.957. The number of carboxylic acid groups (broad SMARTS) is 1. The lowest BCUT2D eigenvalue weighted by Gasteiger charge is -2.07. The standard InChI is InChI=1S/C18H19N3O2/c1-3-11-21-16-12(2)7-6-9-14(16)17(20-21)19-15-10-5-4-8-13(15)18(22)23/h4-10H,3,11H2,1-2H3,(H,19,20)(H,22,23). The summed E-state index contributed by atoms with van der Waals surface area (Å²) in [6.45, 7) is 4.99. The van der Waals surface area contributed by atoms with Gasteiger partial charge in [0.05, 0.1) is 16.8 Å². The van der Waals surface area contributed by atoms with Crippen molar-refractivity contribution in [3.8, 4) is 0 Å². The van der Waals surface area contributed by atoms with Gasteiger partial charge in [0, 0.05) is 11.9 Å². The van der Waals surface area contributed by atoms with Crippen molar-refractivity contribution in [2.75, 3.05) is 5.32 Å². The molecule has 2 aromatic carbocycles. The fourth-order valence-corrected chi connectivity index (χ4v) is 2.79. The molecule has 0 aliphatic carbocycles. The second-order valence-electron chi connectivity index (χ2n) is 5.52. The molecule has 0 aliphatic heterocycles. The van der Waals surface area contributed by atoms with E-state index in [-0.39, 0.29) is 5.56 Å². The maximum atomic E-state index is 11.4. The summed E-state index contributed by atoms with van der Waals surface area (Å²) in [7, 11) is 0. The number of hydrogen-bond donors (Lipinski definition) is 2. The van der Waals surface area contributed by atoms with Crippen molar-refractivity contribution in [1.82, 2.24) is 9.78 Å². The molecule has 23 heavy (non-hydrogen) atoms. The molecule has 1 aromatic heterocycles. The highest BCUT2D eigenvalue weighted by Gasteiger charge is 2.15. The van der Waals surface area contributed by atoms with Gasteiger partial charge in [-0.25, -0.2) is 4.79 Å². The highest BCUT2D eigenvalue weighted by molar-refractivity contribution is 5.98. The van der Waals surface area contributed by atoms with Crippen molar-refractivity contribution in [3.63, 3.8) is 0 Å². The number of aromatic nitrogens is 2. The van der Waals surface area contributed by atoms with E-state index < -0.39 is 5.97 Å². The molecule has 0 saturated heterocycles. The predicted octanol–water partition coefficient (Wildman–Crippen LogP) is 4.20. The molecule has 5 heteroatoms. The van der Waals surface area contributed by atoms with Crippen molar-refractivity contribution in [2.45, 2.75) is 26.8 Å². The number of rotatable bonds is 5. The molecular weight excluding hydrogens is 290 g/mol. The topological polar surface area (TPSA) is 67.2 Å². The Balaban J connectivity index is 2.11. The van der Waals surface area contributed by atoms with Gasteiger partial charge in [-0.3, -0.25) is 4.68 Å². The number of aryl methyl sites for hydroxylation is 2. The van der Waals surface area contributed by atoms with Crippen LogP contribution in [0.1, 0.15) is 29.3 Å². The molecule has 3 rings (SSSR count). The van der Waals surface area contributed by atoms with Gasteiger partial charge in [-0.05, 0) is 37.1 Å². The lowest BCUT2D eigenvalue weighted by Crippen LogP contribution is -2.04. The van der Waals surface area contributed by atoms with Gasteiger partial charge in [-0.1, -0.05) is 31.2 Å². The van der Waals surface area contributed by atoms with Crippen LogP contribution in [0.4, 0.5) is 11.5 Å². The molecule has 0 saturated carbocycles. The molecule has 3 aromatic rings. The van der Waals surface area contributed by atoms with Crippen molar-refractivity contribution < 1.29 is 9.90 Å². The Morgan fingerprint density at radius 1 is 1.22 bits per heavy atom. The third-order valence-corrected chi connectivity index (χ3v) is 3.82. The number of fused-ring (bicyclic) bond motifs is 1. The van der Waals surface area contributed by atoms with Gasteiger partial charge in [0.1, 0.15) is 0 Å². The van der Waals surface area contributed by atoms with Crippen LogP contribution in [0.25, 0.3) is 10.9 Å². The molecule has 0 unspecified atom stereocenters. The first kappa shape index (κ1) is 15.1. The molecule has 118 valence electrons. The second-order valence-corrected chi connectivity index (χ2v) is 5.52. The normalized spacial score (nSPS) is 10.9. The van der Waals surface area contributed by atoms with Gasteiger partial charge in [0.15, 0.2) is 5.82 Å². The van der Waals surface area contributed by atoms with Crippen LogP contribution in [0.2, 0.25) is 0 Å². The van der Waals surface area contributed by atoms with Gasteiger partial charge in [-0.2, -0.15) is 5.10 Å². The van der Waals surface area contributed by atoms with Crippen LogP contribution in [0.5, 0.6) is 0 Å². The maximum absolute atomic E-state index is 11.4. The number of nitrogens with one attached hydrogen (secondary N) is 1. The highest BCUT2D eigenvalue weighted by atomic mass is 16.4. The van der Waals surface area contributed by atoms with Gasteiger partial charge in [0.2, 0.25) is 0 Å². The lowest BCUT2D eigenvalue weighted by molar-refractivity contribution is 0.0698. The van der Waals surface area contributed by atoms with Crippen LogP contribution in [0.15, 0.2) is 42.5 Å². The van der Waals surface area contributed by atoms with Gasteiger partial charge in [0.25, 0.3) is 0 Å². The molecule has 0 spiro atoms. The van der Waals surface area contributed by atoms with Gasteiger partial charge < -0.3 is 10.4 Å². The smallest absolute Gasteiger partial charge is 0.337 e. The van der Waals surface area contributed by atoms with E-state index in [1.54, 1.807) is 18.2 Å². The van der Waals surface area contributed by atoms with E-state index in [0.29, 0.717) is 11.5 Å². The van der Waals surface area contributed by atoms with Crippen LogP contribution in [-0.2, 0) is 6.54 Å². The Morgan fingerprint density at radius 2 is 2.00 bits per heavy atom. The first-order chi connectivity index (χ1) is 11.1. The largest absolute Gasteiger partial charge is 0.478 e. The van der Waals surface area contributed by atoms with Crippen LogP contribution in [0.3, 0.4) is 0 Å². The van der Waals surface area contributed by atoms with Crippen LogP contribution in [0, 0.1) is 6.92 Å². The summed E-state index contributed by atoms with van der Waals surface area (Å²) in [4.78, 5) is 11.4. The van der Waals surface area contributed by atoms with Gasteiger partial charge in [-0.15, -0.1) is 0 Å². The molecule has 0 atom stereocenters. The zero-order valence-corrected chi connectivity index (χ0v) is 13.2. The molecule has 0 radical (unpaired) electrons. The average Bonchev–Trinajstić information content (AvgIpc) is 2.87. The third-order valence-electron chi connectivity index (χ3n) is 3.82. The summed E-state index contributed by atoms with van der Waals surface area (Å²) in [5.41, 5.74) is 3.02. The van der Waals surface area contributed by atoms with Crippen molar-refractivity contribution in [3.05, 3.63) is 53.6 Å². The van der Waals surface area contributed by atoms with E-state index in [1.165, 1.54) is 0 Å². The zero-order valence-electron chi connectivity index (χ0n) is 13.2. The van der Waals surface area contributed by atoms with Crippen molar-refractivity contribution >= 4 is 28.4 Å². The van der Waals surface area contributed by atoms with E-state index in [1.807, 2.05) is 22.9 Å². The quantitative estimate of drug-likeness (QED) is 0.741. The van der Waals surface area contributed by atoms with E-state index in [0.717, 1.165) is 29.4 Å². The molecule has 0 fully saturated rings. The first-order valence-electron chi connectivity index (χ1n) is 7.67. The van der Waals surface area contributed by atoms with Crippen molar-refractivity contribution in [2.24, 2.45) is 0 Å². The van der Waals surface area contributed by atoms with E-state index in [2.05, 4.69) is 30.3 Å². The summed E-state index contributed by atoms with van der Waals surface area (Å²) in [6.07, 6.45) is 0.982. The Morgan fingerprint density at radius 3 is 2.74 bits per heavy atom. The average molecular weight is 309 g/mol. The SMILES string of the molecule is CCCn1nc(Nc2ccccc2C(=O)O)c2cccc(C)c21. The summed E-state index contributed by atoms with van der Waals surface area (Å²) in [5, 5.41) is 18.2. The molecule has 2 N–H and O–H groups in total. The lowest BCUT2D eigenvalue weighted by atomic mass is 10.1. The Labute approximate surface area is 134 Å². The monoisotopic (exact) mass is 309 g/mol. The number of carbonyl (C=O) groups is 1. The number of aromatic carboxylic acids is 1. The molecule has 0 amide bonds. The number of benzene rings is 2. The minimum Gasteiger partial charge on any atom is -0.478 e. The molecule has 0 bridgehead atoms. The Kier molecular flexibility index (Phi) is 4.02. The van der Waals surface area contributed by atoms with Crippen LogP contribution >= 0.6 is 0 Å². The molecule has 1 heterocycles.